The van der Waals surface area contributed by atoms with Gasteiger partial charge in [-0.05, 0) is 39.8 Å². The fourth-order valence-corrected chi connectivity index (χ4v) is 2.89. The van der Waals surface area contributed by atoms with E-state index in [9.17, 15) is 14.7 Å². The maximum absolute atomic E-state index is 12.4. The molecule has 7 nitrogen and oxygen atoms in total. The minimum Gasteiger partial charge on any atom is -0.404 e. The number of rotatable bonds is 7. The van der Waals surface area contributed by atoms with Gasteiger partial charge in [-0.1, -0.05) is 0 Å². The van der Waals surface area contributed by atoms with Crippen molar-refractivity contribution in [3.05, 3.63) is 34.4 Å². The van der Waals surface area contributed by atoms with Crippen molar-refractivity contribution in [3.63, 3.8) is 0 Å². The molecular formula is C12H18NO6P. The van der Waals surface area contributed by atoms with Crippen LogP contribution in [0, 0.1) is 10.1 Å². The molecule has 1 aromatic rings. The number of benzene rings is 1. The van der Waals surface area contributed by atoms with Gasteiger partial charge < -0.3 is 4.52 Å². The number of phosphoric acid groups is 1. The number of non-ortho nitro benzene ring substituents is 1. The standard InChI is InChI=1S/C12H18NO6P/c1-9(2)17-20(16,18-10(3)4)19-12-7-5-11(6-8-12)13(14)15/h5-10H,1-4H3. The minimum atomic E-state index is -3.76. The zero-order valence-corrected chi connectivity index (χ0v) is 12.7. The summed E-state index contributed by atoms with van der Waals surface area (Å²) in [5.74, 6) is 0.181. The normalized spacial score (nSPS) is 11.9. The van der Waals surface area contributed by atoms with Crippen LogP contribution in [0.3, 0.4) is 0 Å². The van der Waals surface area contributed by atoms with Crippen molar-refractivity contribution in [2.75, 3.05) is 0 Å². The molecule has 0 unspecified atom stereocenters. The van der Waals surface area contributed by atoms with E-state index < -0.39 is 12.7 Å². The van der Waals surface area contributed by atoms with Crippen molar-refractivity contribution in [2.24, 2.45) is 0 Å². The van der Waals surface area contributed by atoms with E-state index in [4.69, 9.17) is 13.6 Å². The van der Waals surface area contributed by atoms with E-state index in [1.54, 1.807) is 27.7 Å². The van der Waals surface area contributed by atoms with E-state index in [0.717, 1.165) is 0 Å². The molecule has 0 aliphatic heterocycles. The van der Waals surface area contributed by atoms with E-state index in [1.165, 1.54) is 24.3 Å². The van der Waals surface area contributed by atoms with E-state index in [2.05, 4.69) is 0 Å². The average molecular weight is 303 g/mol. The highest BCUT2D eigenvalue weighted by Crippen LogP contribution is 2.51. The molecule has 0 aliphatic carbocycles. The molecule has 0 N–H and O–H groups in total. The van der Waals surface area contributed by atoms with Crippen LogP contribution in [-0.4, -0.2) is 17.1 Å². The molecule has 0 heterocycles. The van der Waals surface area contributed by atoms with Gasteiger partial charge in [-0.3, -0.25) is 19.2 Å². The van der Waals surface area contributed by atoms with Crippen LogP contribution in [0.4, 0.5) is 5.69 Å². The topological polar surface area (TPSA) is 87.9 Å². The molecule has 0 atom stereocenters. The monoisotopic (exact) mass is 303 g/mol. The molecule has 1 aromatic carbocycles. The van der Waals surface area contributed by atoms with Crippen molar-refractivity contribution in [1.82, 2.24) is 0 Å². The molecule has 0 bridgehead atoms. The Morgan fingerprint density at radius 2 is 1.50 bits per heavy atom. The van der Waals surface area contributed by atoms with Crippen LogP contribution >= 0.6 is 7.82 Å². The summed E-state index contributed by atoms with van der Waals surface area (Å²) < 4.78 is 28.1. The Bertz CT molecular complexity index is 485. The highest BCUT2D eigenvalue weighted by Gasteiger charge is 2.31. The van der Waals surface area contributed by atoms with Gasteiger partial charge in [0.05, 0.1) is 17.1 Å². The van der Waals surface area contributed by atoms with Gasteiger partial charge in [0.2, 0.25) is 0 Å². The van der Waals surface area contributed by atoms with Crippen molar-refractivity contribution in [2.45, 2.75) is 39.9 Å². The summed E-state index contributed by atoms with van der Waals surface area (Å²) in [4.78, 5) is 10.0. The van der Waals surface area contributed by atoms with Gasteiger partial charge in [-0.2, -0.15) is 0 Å². The predicted molar refractivity (Wildman–Crippen MR) is 73.8 cm³/mol. The predicted octanol–water partition coefficient (Wildman–Crippen LogP) is 3.93. The Kier molecular flexibility index (Phi) is 5.68. The van der Waals surface area contributed by atoms with Crippen molar-refractivity contribution >= 4 is 13.5 Å². The molecule has 0 amide bonds. The third kappa shape index (κ3) is 5.28. The summed E-state index contributed by atoms with van der Waals surface area (Å²) in [6.07, 6.45) is -0.699. The minimum absolute atomic E-state index is 0.0817. The maximum atomic E-state index is 12.4. The molecule has 0 aliphatic rings. The van der Waals surface area contributed by atoms with Crippen LogP contribution in [-0.2, 0) is 13.6 Å². The second kappa shape index (κ2) is 6.83. The molecule has 112 valence electrons. The number of nitrogens with zero attached hydrogens (tertiary/aromatic N) is 1. The molecule has 1 rings (SSSR count). The Labute approximate surface area is 117 Å². The highest BCUT2D eigenvalue weighted by molar-refractivity contribution is 7.49. The smallest absolute Gasteiger partial charge is 0.404 e. The molecule has 0 spiro atoms. The lowest BCUT2D eigenvalue weighted by Gasteiger charge is -2.22. The van der Waals surface area contributed by atoms with E-state index in [0.29, 0.717) is 0 Å². The Hall–Kier alpha value is -1.43. The summed E-state index contributed by atoms with van der Waals surface area (Å²) in [5.41, 5.74) is -0.0817. The summed E-state index contributed by atoms with van der Waals surface area (Å²) in [6.45, 7) is 6.82. The molecule has 20 heavy (non-hydrogen) atoms. The Morgan fingerprint density at radius 1 is 1.05 bits per heavy atom. The SMILES string of the molecule is CC(C)OP(=O)(Oc1ccc([N+](=O)[O-])cc1)OC(C)C. The van der Waals surface area contributed by atoms with Crippen LogP contribution in [0.2, 0.25) is 0 Å². The van der Waals surface area contributed by atoms with Crippen LogP contribution in [0.15, 0.2) is 24.3 Å². The van der Waals surface area contributed by atoms with Crippen molar-refractivity contribution in [3.8, 4) is 5.75 Å². The largest absolute Gasteiger partial charge is 0.530 e. The third-order valence-electron chi connectivity index (χ3n) is 1.94. The van der Waals surface area contributed by atoms with Crippen LogP contribution in [0.1, 0.15) is 27.7 Å². The van der Waals surface area contributed by atoms with Gasteiger partial charge in [0.25, 0.3) is 5.69 Å². The zero-order valence-electron chi connectivity index (χ0n) is 11.8. The highest BCUT2D eigenvalue weighted by atomic mass is 31.2. The first-order chi connectivity index (χ1) is 9.22. The Balaban J connectivity index is 2.89. The van der Waals surface area contributed by atoms with Crippen LogP contribution in [0.25, 0.3) is 0 Å². The van der Waals surface area contributed by atoms with Gasteiger partial charge in [0.1, 0.15) is 5.75 Å². The number of nitro groups is 1. The summed E-state index contributed by atoms with van der Waals surface area (Å²) in [6, 6.07) is 5.20. The first-order valence-corrected chi connectivity index (χ1v) is 7.59. The lowest BCUT2D eigenvalue weighted by Crippen LogP contribution is -2.11. The third-order valence-corrected chi connectivity index (χ3v) is 3.74. The zero-order chi connectivity index (χ0) is 15.3. The maximum Gasteiger partial charge on any atom is 0.530 e. The van der Waals surface area contributed by atoms with Crippen molar-refractivity contribution in [1.29, 1.82) is 0 Å². The molecule has 0 aromatic heterocycles. The first kappa shape index (κ1) is 16.6. The lowest BCUT2D eigenvalue weighted by atomic mass is 10.3. The molecule has 0 fully saturated rings. The summed E-state index contributed by atoms with van der Waals surface area (Å²) in [7, 11) is -3.76. The van der Waals surface area contributed by atoms with Crippen molar-refractivity contribution < 1.29 is 23.1 Å². The lowest BCUT2D eigenvalue weighted by molar-refractivity contribution is -0.384. The van der Waals surface area contributed by atoms with E-state index in [-0.39, 0.29) is 23.6 Å². The van der Waals surface area contributed by atoms with Gasteiger partial charge in [0.15, 0.2) is 0 Å². The molecule has 0 saturated carbocycles. The van der Waals surface area contributed by atoms with Gasteiger partial charge in [-0.15, -0.1) is 0 Å². The summed E-state index contributed by atoms with van der Waals surface area (Å²) >= 11 is 0. The van der Waals surface area contributed by atoms with E-state index in [1.807, 2.05) is 0 Å². The van der Waals surface area contributed by atoms with Gasteiger partial charge in [-0.25, -0.2) is 4.57 Å². The molecule has 8 heteroatoms. The Morgan fingerprint density at radius 3 is 1.85 bits per heavy atom. The van der Waals surface area contributed by atoms with Gasteiger partial charge in [0, 0.05) is 12.1 Å². The van der Waals surface area contributed by atoms with Gasteiger partial charge >= 0.3 is 7.82 Å². The average Bonchev–Trinajstić information content (AvgIpc) is 2.26. The fraction of sp³-hybridized carbons (Fsp3) is 0.500. The summed E-state index contributed by atoms with van der Waals surface area (Å²) in [5, 5.41) is 10.5. The van der Waals surface area contributed by atoms with Crippen LogP contribution in [0.5, 0.6) is 5.75 Å². The first-order valence-electron chi connectivity index (χ1n) is 6.13. The number of nitro benzene ring substituents is 1. The number of hydrogen-bond acceptors (Lipinski definition) is 6. The van der Waals surface area contributed by atoms with Crippen LogP contribution < -0.4 is 4.52 Å². The molecular weight excluding hydrogens is 285 g/mol. The van der Waals surface area contributed by atoms with E-state index >= 15 is 0 Å². The molecule has 0 saturated heterocycles. The molecule has 0 radical (unpaired) electrons. The second-order valence-corrected chi connectivity index (χ2v) is 6.10. The fourth-order valence-electron chi connectivity index (χ4n) is 1.34. The number of phosphoric ester groups is 1. The quantitative estimate of drug-likeness (QED) is 0.431. The second-order valence-electron chi connectivity index (χ2n) is 4.60. The number of hydrogen-bond donors (Lipinski definition) is 0.